The van der Waals surface area contributed by atoms with Crippen molar-refractivity contribution < 1.29 is 66.6 Å². The van der Waals surface area contributed by atoms with Crippen LogP contribution in [0, 0.1) is 40.7 Å². The minimum atomic E-state index is -1.10. The number of ether oxygens (including phenoxy) is 6. The van der Waals surface area contributed by atoms with E-state index in [4.69, 9.17) is 34.4 Å². The fourth-order valence-electron chi connectivity index (χ4n) is 7.42. The number of carboxylic acid groups (broad SMARTS) is 2. The van der Waals surface area contributed by atoms with E-state index in [0.717, 1.165) is 79.3 Å². The monoisotopic (exact) mass is 1050 g/mol. The Morgan fingerprint density at radius 3 is 1.12 bits per heavy atom. The van der Waals surface area contributed by atoms with Gasteiger partial charge in [-0.3, -0.25) is 0 Å². The molecule has 0 amide bonds. The molecule has 0 spiro atoms. The average molecular weight is 1050 g/mol. The van der Waals surface area contributed by atoms with Gasteiger partial charge < -0.3 is 53.8 Å². The number of methoxy groups -OCH3 is 6. The van der Waals surface area contributed by atoms with Gasteiger partial charge in [-0.25, -0.2) is 28.0 Å². The number of piperidine rings is 3. The maximum Gasteiger partial charge on any atom is 0.337 e. The van der Waals surface area contributed by atoms with Crippen LogP contribution in [0.1, 0.15) is 129 Å². The molecular weight excluding hydrogens is 971 g/mol. The summed E-state index contributed by atoms with van der Waals surface area (Å²) in [5.74, 6) is -0.0726. The Morgan fingerprint density at radius 1 is 0.533 bits per heavy atom. The van der Waals surface area contributed by atoms with E-state index in [1.165, 1.54) is 105 Å². The first-order valence-electron chi connectivity index (χ1n) is 24.6. The molecule has 3 saturated heterocycles. The first-order chi connectivity index (χ1) is 35.4. The van der Waals surface area contributed by atoms with Gasteiger partial charge in [0, 0.05) is 33.1 Å². The fourth-order valence-corrected chi connectivity index (χ4v) is 7.42. The van der Waals surface area contributed by atoms with Gasteiger partial charge in [0.15, 0.2) is 23.1 Å². The summed E-state index contributed by atoms with van der Waals surface area (Å²) in [4.78, 5) is 48.4. The molecule has 0 atom stereocenters. The molecule has 0 unspecified atom stereocenters. The van der Waals surface area contributed by atoms with Crippen molar-refractivity contribution in [1.29, 1.82) is 5.26 Å². The fraction of sp³-hybridized carbons (Fsp3) is 0.491. The number of rotatable bonds is 10. The molecule has 0 saturated carbocycles. The lowest BCUT2D eigenvalue weighted by Gasteiger charge is -2.33. The van der Waals surface area contributed by atoms with Crippen LogP contribution in [0.3, 0.4) is 0 Å². The molecule has 0 aliphatic carbocycles. The molecular formula is C57H82F2N4O12. The number of hydrogen-bond acceptors (Lipinski definition) is 14. The van der Waals surface area contributed by atoms with Crippen LogP contribution in [0.15, 0.2) is 72.8 Å². The molecule has 7 rings (SSSR count). The molecule has 75 heavy (non-hydrogen) atoms. The Balaban J connectivity index is 0.000000914. The summed E-state index contributed by atoms with van der Waals surface area (Å²) >= 11 is 0. The maximum absolute atomic E-state index is 12.9. The highest BCUT2D eigenvalue weighted by Gasteiger charge is 2.22. The topological polar surface area (TPSA) is 206 Å². The number of nitrogens with zero attached hydrogens (tertiary/aromatic N) is 3. The summed E-state index contributed by atoms with van der Waals surface area (Å²) in [5.41, 5.74) is 3.11. The zero-order valence-corrected chi connectivity index (χ0v) is 45.2. The van der Waals surface area contributed by atoms with Crippen molar-refractivity contribution in [2.75, 3.05) is 91.7 Å². The van der Waals surface area contributed by atoms with E-state index in [-0.39, 0.29) is 41.6 Å². The van der Waals surface area contributed by atoms with Crippen molar-refractivity contribution in [2.24, 2.45) is 17.8 Å². The van der Waals surface area contributed by atoms with Crippen LogP contribution in [0.25, 0.3) is 0 Å². The highest BCUT2D eigenvalue weighted by Crippen LogP contribution is 2.34. The number of benzene rings is 4. The average Bonchev–Trinajstić information content (AvgIpc) is 3.42. The van der Waals surface area contributed by atoms with E-state index in [2.05, 4.69) is 45.4 Å². The number of carbonyl (C=O) groups excluding carboxylic acids is 2. The minimum absolute atomic E-state index is 0. The molecule has 4 aromatic carbocycles. The lowest BCUT2D eigenvalue weighted by atomic mass is 9.98. The zero-order valence-electron chi connectivity index (χ0n) is 45.2. The second-order valence-electron chi connectivity index (χ2n) is 17.1. The second kappa shape index (κ2) is 37.6. The largest absolute Gasteiger partial charge is 0.495 e. The molecule has 3 N–H and O–H groups in total. The summed E-state index contributed by atoms with van der Waals surface area (Å²) < 4.78 is 54.8. The number of anilines is 2. The van der Waals surface area contributed by atoms with Gasteiger partial charge in [-0.15, -0.1) is 0 Å². The number of hydrogen-bond donors (Lipinski definition) is 3. The van der Waals surface area contributed by atoms with Crippen molar-refractivity contribution in [2.45, 2.75) is 87.5 Å². The van der Waals surface area contributed by atoms with Crippen molar-refractivity contribution in [3.8, 4) is 29.1 Å². The van der Waals surface area contributed by atoms with E-state index in [1.54, 1.807) is 44.6 Å². The smallest absolute Gasteiger partial charge is 0.337 e. The van der Waals surface area contributed by atoms with Gasteiger partial charge in [-0.2, -0.15) is 5.26 Å². The molecule has 3 heterocycles. The summed E-state index contributed by atoms with van der Waals surface area (Å²) in [6.45, 7) is 18.9. The summed E-state index contributed by atoms with van der Waals surface area (Å²) in [5, 5.41) is 28.1. The Hall–Kier alpha value is -7.13. The summed E-state index contributed by atoms with van der Waals surface area (Å²) in [6, 6.07) is 19.5. The van der Waals surface area contributed by atoms with Crippen LogP contribution in [-0.4, -0.2) is 116 Å². The number of nitrogens with one attached hydrogen (secondary N) is 1. The van der Waals surface area contributed by atoms with Crippen LogP contribution in [0.2, 0.25) is 0 Å². The molecule has 16 nitrogen and oxygen atoms in total. The zero-order chi connectivity index (χ0) is 55.8. The van der Waals surface area contributed by atoms with Crippen molar-refractivity contribution in [3.05, 3.63) is 107 Å². The van der Waals surface area contributed by atoms with Crippen molar-refractivity contribution in [1.82, 2.24) is 5.32 Å². The third kappa shape index (κ3) is 23.7. The molecule has 0 aromatic heterocycles. The number of halogens is 2. The summed E-state index contributed by atoms with van der Waals surface area (Å²) in [6.07, 6.45) is 7.48. The van der Waals surface area contributed by atoms with E-state index in [0.29, 0.717) is 11.3 Å². The SMILES string of the molecule is C.CC.CC#N.CC1CCNCC1.COC(=O)c1ccc(F)c(OC)c1.COC(=O)c1ccc(N2CCC(C)CC2)c(OC)c1.COc1cc(C(=O)O)ccc1F.COc1cc(C(=O)O)ccc1N1CCC(C)CC1. The molecule has 0 radical (unpaired) electrons. The molecule has 0 bridgehead atoms. The highest BCUT2D eigenvalue weighted by molar-refractivity contribution is 5.91. The maximum atomic E-state index is 12.9. The van der Waals surface area contributed by atoms with E-state index >= 15 is 0 Å². The Kier molecular flexibility index (Phi) is 34.0. The van der Waals surface area contributed by atoms with Crippen LogP contribution in [0.4, 0.5) is 20.2 Å². The quantitative estimate of drug-likeness (QED) is 0.126. The van der Waals surface area contributed by atoms with E-state index < -0.39 is 29.5 Å². The summed E-state index contributed by atoms with van der Waals surface area (Å²) in [7, 11) is 8.47. The minimum Gasteiger partial charge on any atom is -0.495 e. The van der Waals surface area contributed by atoms with Crippen LogP contribution < -0.4 is 34.1 Å². The number of aromatic carboxylic acids is 2. The Labute approximate surface area is 443 Å². The van der Waals surface area contributed by atoms with Gasteiger partial charge in [-0.05, 0) is 142 Å². The van der Waals surface area contributed by atoms with Crippen molar-refractivity contribution in [3.63, 3.8) is 0 Å². The number of esters is 2. The number of nitriles is 1. The van der Waals surface area contributed by atoms with Gasteiger partial charge in [-0.1, -0.05) is 42.0 Å². The van der Waals surface area contributed by atoms with E-state index in [1.807, 2.05) is 26.0 Å². The van der Waals surface area contributed by atoms with Crippen molar-refractivity contribution >= 4 is 35.3 Å². The molecule has 18 heteroatoms. The highest BCUT2D eigenvalue weighted by atomic mass is 19.1. The Morgan fingerprint density at radius 2 is 0.813 bits per heavy atom. The normalized spacial score (nSPS) is 13.8. The molecule has 4 aromatic rings. The first kappa shape index (κ1) is 67.9. The van der Waals surface area contributed by atoms with Gasteiger partial charge in [0.1, 0.15) is 11.5 Å². The lowest BCUT2D eigenvalue weighted by Crippen LogP contribution is -2.33. The first-order valence-corrected chi connectivity index (χ1v) is 24.6. The number of carboxylic acids is 2. The number of carbonyl (C=O) groups is 4. The molecule has 3 fully saturated rings. The molecule has 3 aliphatic rings. The predicted molar refractivity (Wildman–Crippen MR) is 290 cm³/mol. The third-order valence-electron chi connectivity index (χ3n) is 11.9. The van der Waals surface area contributed by atoms with Gasteiger partial charge >= 0.3 is 23.9 Å². The van der Waals surface area contributed by atoms with Crippen LogP contribution in [-0.2, 0) is 9.47 Å². The van der Waals surface area contributed by atoms with Gasteiger partial charge in [0.2, 0.25) is 0 Å². The lowest BCUT2D eigenvalue weighted by molar-refractivity contribution is 0.0591. The van der Waals surface area contributed by atoms with Crippen LogP contribution in [0.5, 0.6) is 23.0 Å². The molecule has 416 valence electrons. The Bertz CT molecular complexity index is 2360. The van der Waals surface area contributed by atoms with Gasteiger partial charge in [0.05, 0.1) is 82.4 Å². The molecule has 3 aliphatic heterocycles. The second-order valence-corrected chi connectivity index (χ2v) is 17.1. The van der Waals surface area contributed by atoms with E-state index in [9.17, 15) is 28.0 Å². The predicted octanol–water partition coefficient (Wildman–Crippen LogP) is 11.7. The van der Waals surface area contributed by atoms with Gasteiger partial charge in [0.25, 0.3) is 0 Å². The standard InChI is InChI=1S/C15H21NO3.C14H19NO3.C9H9FO3.C8H7FO3.C6H13N.C2H3N.C2H6.CH4/c1-11-6-8-16(9-7-11)13-5-4-12(15(17)19-3)10-14(13)18-2;1-10-5-7-15(8-6-10)12-4-3-11(14(16)17)9-13(12)18-2;1-12-8-5-6(9(11)13-2)3-4-7(8)10;1-12-7-4-5(8(10)11)2-3-6(7)9;1-6-2-4-7-5-3-6;1-2-3;1-2;/h4-5,10-11H,6-9H2,1-3H3;3-4,9-10H,5-8H2,1-2H3,(H,16,17);3-5H,1-2H3;2-4H,1H3,(H,10,11);6-7H,2-5H2,1H3;1H3;1-2H3;1H4. The van der Waals surface area contributed by atoms with Crippen LogP contribution >= 0.6 is 0 Å². The third-order valence-corrected chi connectivity index (χ3v) is 11.9.